The number of amides is 1. The number of carbonyl (C=O) groups is 1. The molecule has 2 N–H and O–H groups in total. The number of halogens is 1. The van der Waals surface area contributed by atoms with Crippen molar-refractivity contribution >= 4 is 18.3 Å². The van der Waals surface area contributed by atoms with Gasteiger partial charge in [0.25, 0.3) is 0 Å². The zero-order valence-electron chi connectivity index (χ0n) is 13.3. The van der Waals surface area contributed by atoms with Crippen LogP contribution in [0.4, 0.5) is 0 Å². The molecular weight excluding hydrogens is 300 g/mol. The first-order chi connectivity index (χ1) is 10.2. The number of carbonyl (C=O) groups excluding carboxylic acids is 1. The highest BCUT2D eigenvalue weighted by atomic mass is 35.5. The third-order valence-electron chi connectivity index (χ3n) is 4.00. The summed E-state index contributed by atoms with van der Waals surface area (Å²) in [4.78, 5) is 14.1. The molecule has 1 unspecified atom stereocenters. The van der Waals surface area contributed by atoms with Gasteiger partial charge in [-0.25, -0.2) is 0 Å². The molecule has 22 heavy (non-hydrogen) atoms. The van der Waals surface area contributed by atoms with Crippen molar-refractivity contribution in [3.8, 4) is 5.75 Å². The molecule has 0 aromatic heterocycles. The molecule has 0 spiro atoms. The second-order valence-electron chi connectivity index (χ2n) is 5.72. The molecule has 1 fully saturated rings. The fourth-order valence-corrected chi connectivity index (χ4v) is 2.63. The summed E-state index contributed by atoms with van der Waals surface area (Å²) in [6.45, 7) is 5.22. The molecule has 1 aromatic carbocycles. The maximum Gasteiger partial charge on any atom is 0.222 e. The van der Waals surface area contributed by atoms with Gasteiger partial charge in [0, 0.05) is 19.5 Å². The van der Waals surface area contributed by atoms with Crippen LogP contribution >= 0.6 is 12.4 Å². The van der Waals surface area contributed by atoms with Crippen LogP contribution in [0.25, 0.3) is 0 Å². The number of ether oxygens (including phenoxy) is 1. The van der Waals surface area contributed by atoms with Gasteiger partial charge in [0.1, 0.15) is 5.75 Å². The molecule has 1 aliphatic rings. The Labute approximate surface area is 139 Å². The molecule has 0 saturated carbocycles. The Balaban J connectivity index is 0.00000242. The lowest BCUT2D eigenvalue weighted by molar-refractivity contribution is -0.130. The summed E-state index contributed by atoms with van der Waals surface area (Å²) in [6.07, 6.45) is 3.42. The predicted octanol–water partition coefficient (Wildman–Crippen LogP) is 2.64. The van der Waals surface area contributed by atoms with Gasteiger partial charge in [-0.2, -0.15) is 0 Å². The Hall–Kier alpha value is -1.26. The SMILES string of the molecule is CCCOc1ccc(CCC(=O)N2CCC(CN)C2)cc1.Cl. The van der Waals surface area contributed by atoms with Crippen molar-refractivity contribution in [1.29, 1.82) is 0 Å². The van der Waals surface area contributed by atoms with E-state index < -0.39 is 0 Å². The number of nitrogens with zero attached hydrogens (tertiary/aromatic N) is 1. The van der Waals surface area contributed by atoms with Crippen LogP contribution in [0.5, 0.6) is 5.75 Å². The average molecular weight is 327 g/mol. The van der Waals surface area contributed by atoms with Gasteiger partial charge in [-0.05, 0) is 49.4 Å². The maximum absolute atomic E-state index is 12.1. The minimum absolute atomic E-state index is 0. The number of hydrogen-bond acceptors (Lipinski definition) is 3. The van der Waals surface area contributed by atoms with E-state index in [1.54, 1.807) is 0 Å². The quantitative estimate of drug-likeness (QED) is 0.838. The van der Waals surface area contributed by atoms with Crippen molar-refractivity contribution in [2.45, 2.75) is 32.6 Å². The number of likely N-dealkylation sites (tertiary alicyclic amines) is 1. The summed E-state index contributed by atoms with van der Waals surface area (Å²) in [6, 6.07) is 8.06. The molecule has 2 rings (SSSR count). The maximum atomic E-state index is 12.1. The van der Waals surface area contributed by atoms with E-state index in [1.165, 1.54) is 5.56 Å². The number of aryl methyl sites for hydroxylation is 1. The summed E-state index contributed by atoms with van der Waals surface area (Å²) in [5.41, 5.74) is 6.84. The van der Waals surface area contributed by atoms with Gasteiger partial charge in [-0.3, -0.25) is 4.79 Å². The zero-order valence-corrected chi connectivity index (χ0v) is 14.1. The Morgan fingerprint density at radius 1 is 1.36 bits per heavy atom. The predicted molar refractivity (Wildman–Crippen MR) is 91.5 cm³/mol. The standard InChI is InChI=1S/C17H26N2O2.ClH/c1-2-11-21-16-6-3-14(4-7-16)5-8-17(20)19-10-9-15(12-18)13-19;/h3-4,6-7,15H,2,5,8-13,18H2,1H3;1H. The molecule has 1 atom stereocenters. The van der Waals surface area contributed by atoms with Crippen LogP contribution in [0, 0.1) is 5.92 Å². The lowest BCUT2D eigenvalue weighted by Crippen LogP contribution is -2.29. The van der Waals surface area contributed by atoms with E-state index in [0.717, 1.165) is 44.7 Å². The average Bonchev–Trinajstić information content (AvgIpc) is 3.00. The molecule has 0 radical (unpaired) electrons. The molecule has 124 valence electrons. The second-order valence-corrected chi connectivity index (χ2v) is 5.72. The first-order valence-electron chi connectivity index (χ1n) is 7.92. The van der Waals surface area contributed by atoms with Crippen molar-refractivity contribution in [3.05, 3.63) is 29.8 Å². The van der Waals surface area contributed by atoms with Gasteiger partial charge in [-0.1, -0.05) is 19.1 Å². The molecule has 0 bridgehead atoms. The highest BCUT2D eigenvalue weighted by Crippen LogP contribution is 2.17. The van der Waals surface area contributed by atoms with Crippen molar-refractivity contribution in [3.63, 3.8) is 0 Å². The molecular formula is C17H27ClN2O2. The van der Waals surface area contributed by atoms with Gasteiger partial charge in [0.05, 0.1) is 6.61 Å². The molecule has 1 saturated heterocycles. The smallest absolute Gasteiger partial charge is 0.222 e. The summed E-state index contributed by atoms with van der Waals surface area (Å²) >= 11 is 0. The molecule has 0 aliphatic carbocycles. The van der Waals surface area contributed by atoms with E-state index in [9.17, 15) is 4.79 Å². The van der Waals surface area contributed by atoms with E-state index in [-0.39, 0.29) is 18.3 Å². The van der Waals surface area contributed by atoms with Crippen molar-refractivity contribution in [2.75, 3.05) is 26.2 Å². The summed E-state index contributed by atoms with van der Waals surface area (Å²) in [5.74, 6) is 1.64. The first kappa shape index (κ1) is 18.8. The van der Waals surface area contributed by atoms with Crippen LogP contribution in [0.3, 0.4) is 0 Å². The van der Waals surface area contributed by atoms with Crippen molar-refractivity contribution in [2.24, 2.45) is 11.7 Å². The number of benzene rings is 1. The van der Waals surface area contributed by atoms with E-state index >= 15 is 0 Å². The number of nitrogens with two attached hydrogens (primary N) is 1. The van der Waals surface area contributed by atoms with Crippen LogP contribution in [0.2, 0.25) is 0 Å². The van der Waals surface area contributed by atoms with E-state index in [1.807, 2.05) is 29.2 Å². The van der Waals surface area contributed by atoms with Crippen LogP contribution in [0.1, 0.15) is 31.7 Å². The third kappa shape index (κ3) is 5.50. The lowest BCUT2D eigenvalue weighted by atomic mass is 10.1. The van der Waals surface area contributed by atoms with Gasteiger partial charge < -0.3 is 15.4 Å². The van der Waals surface area contributed by atoms with Gasteiger partial charge in [-0.15, -0.1) is 12.4 Å². The summed E-state index contributed by atoms with van der Waals surface area (Å²) < 4.78 is 5.55. The fraction of sp³-hybridized carbons (Fsp3) is 0.588. The highest BCUT2D eigenvalue weighted by molar-refractivity contribution is 5.85. The monoisotopic (exact) mass is 326 g/mol. The lowest BCUT2D eigenvalue weighted by Gasteiger charge is -2.16. The van der Waals surface area contributed by atoms with E-state index in [2.05, 4.69) is 6.92 Å². The van der Waals surface area contributed by atoms with Gasteiger partial charge in [0.15, 0.2) is 0 Å². The van der Waals surface area contributed by atoms with Crippen LogP contribution in [-0.4, -0.2) is 37.0 Å². The minimum atomic E-state index is 0. The molecule has 1 amide bonds. The summed E-state index contributed by atoms with van der Waals surface area (Å²) in [5, 5.41) is 0. The van der Waals surface area contributed by atoms with E-state index in [4.69, 9.17) is 10.5 Å². The van der Waals surface area contributed by atoms with Crippen LogP contribution in [0.15, 0.2) is 24.3 Å². The van der Waals surface area contributed by atoms with Crippen LogP contribution < -0.4 is 10.5 Å². The Morgan fingerprint density at radius 3 is 2.68 bits per heavy atom. The Kier molecular flexibility index (Phi) is 8.28. The number of rotatable bonds is 7. The number of hydrogen-bond donors (Lipinski definition) is 1. The second kappa shape index (κ2) is 9.70. The van der Waals surface area contributed by atoms with Gasteiger partial charge in [0.2, 0.25) is 5.91 Å². The normalized spacial score (nSPS) is 17.2. The fourth-order valence-electron chi connectivity index (χ4n) is 2.63. The Bertz CT molecular complexity index is 450. The zero-order chi connectivity index (χ0) is 15.1. The van der Waals surface area contributed by atoms with Crippen molar-refractivity contribution < 1.29 is 9.53 Å². The minimum Gasteiger partial charge on any atom is -0.494 e. The third-order valence-corrected chi connectivity index (χ3v) is 4.00. The first-order valence-corrected chi connectivity index (χ1v) is 7.92. The Morgan fingerprint density at radius 2 is 2.09 bits per heavy atom. The van der Waals surface area contributed by atoms with Crippen LogP contribution in [-0.2, 0) is 11.2 Å². The molecule has 1 heterocycles. The largest absolute Gasteiger partial charge is 0.494 e. The highest BCUT2D eigenvalue weighted by Gasteiger charge is 2.24. The molecule has 1 aliphatic heterocycles. The molecule has 4 nitrogen and oxygen atoms in total. The molecule has 1 aromatic rings. The molecule has 5 heteroatoms. The van der Waals surface area contributed by atoms with Crippen molar-refractivity contribution in [1.82, 2.24) is 4.90 Å². The van der Waals surface area contributed by atoms with E-state index in [0.29, 0.717) is 18.9 Å². The topological polar surface area (TPSA) is 55.6 Å². The van der Waals surface area contributed by atoms with Gasteiger partial charge >= 0.3 is 0 Å². The summed E-state index contributed by atoms with van der Waals surface area (Å²) in [7, 11) is 0.